The quantitative estimate of drug-likeness (QED) is 0.854. The summed E-state index contributed by atoms with van der Waals surface area (Å²) in [6.45, 7) is 2.43. The van der Waals surface area contributed by atoms with Gasteiger partial charge in [0.1, 0.15) is 0 Å². The summed E-state index contributed by atoms with van der Waals surface area (Å²) in [6, 6.07) is 17.6. The lowest BCUT2D eigenvalue weighted by Crippen LogP contribution is -2.27. The van der Waals surface area contributed by atoms with Gasteiger partial charge in [0, 0.05) is 12.2 Å². The molecule has 1 atom stereocenters. The van der Waals surface area contributed by atoms with E-state index in [1.54, 1.807) is 0 Å². The Morgan fingerprint density at radius 2 is 1.76 bits per heavy atom. The van der Waals surface area contributed by atoms with Gasteiger partial charge < -0.3 is 11.1 Å². The molecule has 21 heavy (non-hydrogen) atoms. The minimum absolute atomic E-state index is 0.0488. The van der Waals surface area contributed by atoms with Gasteiger partial charge in [-0.25, -0.2) is 0 Å². The molecule has 2 aromatic rings. The Labute approximate surface area is 126 Å². The van der Waals surface area contributed by atoms with E-state index in [1.807, 2.05) is 48.5 Å². The van der Waals surface area contributed by atoms with Crippen molar-refractivity contribution in [1.82, 2.24) is 0 Å². The van der Waals surface area contributed by atoms with Crippen molar-refractivity contribution in [3.05, 3.63) is 65.7 Å². The third-order valence-corrected chi connectivity index (χ3v) is 3.55. The van der Waals surface area contributed by atoms with Gasteiger partial charge in [-0.15, -0.1) is 0 Å². The van der Waals surface area contributed by atoms with Crippen molar-refractivity contribution >= 4 is 11.6 Å². The van der Waals surface area contributed by atoms with Crippen LogP contribution in [0.2, 0.25) is 0 Å². The Morgan fingerprint density at radius 3 is 2.43 bits per heavy atom. The van der Waals surface area contributed by atoms with Gasteiger partial charge >= 0.3 is 0 Å². The van der Waals surface area contributed by atoms with Crippen molar-refractivity contribution in [2.45, 2.75) is 25.7 Å². The average molecular weight is 282 g/mol. The number of carbonyl (C=O) groups excluding carboxylic acids is 1. The third kappa shape index (κ3) is 3.92. The smallest absolute Gasteiger partial charge is 0.233 e. The molecule has 1 unspecified atom stereocenters. The summed E-state index contributed by atoms with van der Waals surface area (Å²) in [7, 11) is 0. The molecule has 0 aliphatic carbocycles. The van der Waals surface area contributed by atoms with Crippen LogP contribution in [0.3, 0.4) is 0 Å². The van der Waals surface area contributed by atoms with E-state index in [9.17, 15) is 4.79 Å². The van der Waals surface area contributed by atoms with Crippen molar-refractivity contribution in [2.75, 3.05) is 11.9 Å². The van der Waals surface area contributed by atoms with Gasteiger partial charge in [-0.2, -0.15) is 0 Å². The van der Waals surface area contributed by atoms with E-state index in [2.05, 4.69) is 18.3 Å². The zero-order valence-electron chi connectivity index (χ0n) is 12.4. The molecule has 0 bridgehead atoms. The number of hydrogen-bond donors (Lipinski definition) is 2. The summed E-state index contributed by atoms with van der Waals surface area (Å²) in [5.74, 6) is -0.367. The van der Waals surface area contributed by atoms with Crippen molar-refractivity contribution in [2.24, 2.45) is 5.73 Å². The fourth-order valence-corrected chi connectivity index (χ4v) is 2.43. The van der Waals surface area contributed by atoms with Crippen LogP contribution in [0.5, 0.6) is 0 Å². The van der Waals surface area contributed by atoms with E-state index in [4.69, 9.17) is 5.73 Å². The lowest BCUT2D eigenvalue weighted by atomic mass is 9.98. The van der Waals surface area contributed by atoms with E-state index in [-0.39, 0.29) is 11.8 Å². The first-order chi connectivity index (χ1) is 10.3. The molecular formula is C18H22N2O. The molecule has 3 nitrogen and oxygen atoms in total. The van der Waals surface area contributed by atoms with Gasteiger partial charge in [-0.1, -0.05) is 61.9 Å². The molecular weight excluding hydrogens is 260 g/mol. The largest absolute Gasteiger partial charge is 0.329 e. The maximum Gasteiger partial charge on any atom is 0.233 e. The van der Waals surface area contributed by atoms with Crippen molar-refractivity contribution in [3.8, 4) is 0 Å². The van der Waals surface area contributed by atoms with Crippen LogP contribution in [0.25, 0.3) is 0 Å². The van der Waals surface area contributed by atoms with Crippen LogP contribution in [0.15, 0.2) is 54.6 Å². The van der Waals surface area contributed by atoms with Crippen LogP contribution >= 0.6 is 0 Å². The standard InChI is InChI=1S/C18H22N2O/c1-2-8-15-11-6-7-12-17(15)20-18(21)16(13-19)14-9-4-3-5-10-14/h3-7,9-12,16H,2,8,13,19H2,1H3,(H,20,21). The SMILES string of the molecule is CCCc1ccccc1NC(=O)C(CN)c1ccccc1. The lowest BCUT2D eigenvalue weighted by molar-refractivity contribution is -0.117. The van der Waals surface area contributed by atoms with E-state index in [1.165, 1.54) is 0 Å². The van der Waals surface area contributed by atoms with Crippen molar-refractivity contribution < 1.29 is 4.79 Å². The molecule has 0 saturated heterocycles. The topological polar surface area (TPSA) is 55.1 Å². The maximum absolute atomic E-state index is 12.5. The number of hydrogen-bond acceptors (Lipinski definition) is 2. The Balaban J connectivity index is 2.17. The monoisotopic (exact) mass is 282 g/mol. The number of para-hydroxylation sites is 1. The van der Waals surface area contributed by atoms with Gasteiger partial charge in [0.15, 0.2) is 0 Å². The number of nitrogens with two attached hydrogens (primary N) is 1. The molecule has 3 heteroatoms. The summed E-state index contributed by atoms with van der Waals surface area (Å²) < 4.78 is 0. The van der Waals surface area contributed by atoms with Gasteiger partial charge in [-0.05, 0) is 23.6 Å². The Kier molecular flexibility index (Phi) is 5.52. The number of nitrogens with one attached hydrogen (secondary N) is 1. The Bertz CT molecular complexity index is 581. The first-order valence-corrected chi connectivity index (χ1v) is 7.40. The lowest BCUT2D eigenvalue weighted by Gasteiger charge is -2.17. The molecule has 0 aliphatic heterocycles. The van der Waals surface area contributed by atoms with Crippen LogP contribution in [0, 0.1) is 0 Å². The first-order valence-electron chi connectivity index (χ1n) is 7.40. The van der Waals surface area contributed by atoms with Crippen molar-refractivity contribution in [1.29, 1.82) is 0 Å². The van der Waals surface area contributed by atoms with Crippen LogP contribution < -0.4 is 11.1 Å². The van der Waals surface area contributed by atoms with Gasteiger partial charge in [0.05, 0.1) is 5.92 Å². The second kappa shape index (κ2) is 7.60. The van der Waals surface area contributed by atoms with E-state index in [0.29, 0.717) is 6.54 Å². The maximum atomic E-state index is 12.5. The number of anilines is 1. The normalized spacial score (nSPS) is 11.9. The molecule has 0 spiro atoms. The highest BCUT2D eigenvalue weighted by Gasteiger charge is 2.19. The minimum atomic E-state index is -0.319. The Morgan fingerprint density at radius 1 is 1.10 bits per heavy atom. The number of benzene rings is 2. The van der Waals surface area contributed by atoms with Crippen LogP contribution in [0.1, 0.15) is 30.4 Å². The van der Waals surface area contributed by atoms with Crippen LogP contribution in [0.4, 0.5) is 5.69 Å². The third-order valence-electron chi connectivity index (χ3n) is 3.55. The van der Waals surface area contributed by atoms with Gasteiger partial charge in [0.25, 0.3) is 0 Å². The number of aryl methyl sites for hydroxylation is 1. The average Bonchev–Trinajstić information content (AvgIpc) is 2.51. The molecule has 2 rings (SSSR count). The highest BCUT2D eigenvalue weighted by molar-refractivity contribution is 5.96. The highest BCUT2D eigenvalue weighted by Crippen LogP contribution is 2.21. The Hall–Kier alpha value is -2.13. The van der Waals surface area contributed by atoms with Crippen LogP contribution in [-0.4, -0.2) is 12.5 Å². The minimum Gasteiger partial charge on any atom is -0.329 e. The first kappa shape index (κ1) is 15.3. The zero-order valence-corrected chi connectivity index (χ0v) is 12.4. The number of carbonyl (C=O) groups is 1. The van der Waals surface area contributed by atoms with Gasteiger partial charge in [-0.3, -0.25) is 4.79 Å². The van der Waals surface area contributed by atoms with E-state index < -0.39 is 0 Å². The molecule has 0 fully saturated rings. The molecule has 0 radical (unpaired) electrons. The van der Waals surface area contributed by atoms with E-state index in [0.717, 1.165) is 29.7 Å². The molecule has 0 saturated carbocycles. The second-order valence-corrected chi connectivity index (χ2v) is 5.10. The summed E-state index contributed by atoms with van der Waals surface area (Å²) in [6.07, 6.45) is 2.00. The van der Waals surface area contributed by atoms with Crippen molar-refractivity contribution in [3.63, 3.8) is 0 Å². The summed E-state index contributed by atoms with van der Waals surface area (Å²) in [5.41, 5.74) is 8.80. The van der Waals surface area contributed by atoms with Gasteiger partial charge in [0.2, 0.25) is 5.91 Å². The summed E-state index contributed by atoms with van der Waals surface area (Å²) >= 11 is 0. The summed E-state index contributed by atoms with van der Waals surface area (Å²) in [4.78, 5) is 12.5. The molecule has 0 aliphatic rings. The predicted octanol–water partition coefficient (Wildman–Crippen LogP) is 3.32. The molecule has 0 heterocycles. The summed E-state index contributed by atoms with van der Waals surface area (Å²) in [5, 5.41) is 3.03. The number of amides is 1. The fraction of sp³-hybridized carbons (Fsp3) is 0.278. The molecule has 2 aromatic carbocycles. The predicted molar refractivity (Wildman–Crippen MR) is 87.3 cm³/mol. The van der Waals surface area contributed by atoms with Crippen LogP contribution in [-0.2, 0) is 11.2 Å². The highest BCUT2D eigenvalue weighted by atomic mass is 16.1. The number of rotatable bonds is 6. The van der Waals surface area contributed by atoms with E-state index >= 15 is 0 Å². The molecule has 110 valence electrons. The molecule has 1 amide bonds. The molecule has 3 N–H and O–H groups in total. The molecule has 0 aromatic heterocycles. The fourth-order valence-electron chi connectivity index (χ4n) is 2.43. The second-order valence-electron chi connectivity index (χ2n) is 5.10. The zero-order chi connectivity index (χ0) is 15.1.